The van der Waals surface area contributed by atoms with Crippen molar-refractivity contribution in [1.29, 1.82) is 0 Å². The number of rotatable bonds is 1. The van der Waals surface area contributed by atoms with Crippen LogP contribution < -0.4 is 0 Å². The van der Waals surface area contributed by atoms with Crippen LogP contribution in [0.3, 0.4) is 0 Å². The maximum absolute atomic E-state index is 5.03. The fourth-order valence-electron chi connectivity index (χ4n) is 6.22. The van der Waals surface area contributed by atoms with E-state index in [-0.39, 0.29) is 30.7 Å². The van der Waals surface area contributed by atoms with Crippen LogP contribution >= 0.6 is 0 Å². The molecule has 0 atom stereocenters. The zero-order valence-electron chi connectivity index (χ0n) is 22.0. The molecule has 2 heterocycles. The molecule has 0 saturated carbocycles. The molecular weight excluding hydrogens is 489 g/mol. The molecule has 35 heavy (non-hydrogen) atoms. The predicted molar refractivity (Wildman–Crippen MR) is 153 cm³/mol. The van der Waals surface area contributed by atoms with Gasteiger partial charge >= 0.3 is 216 Å². The van der Waals surface area contributed by atoms with Gasteiger partial charge in [-0.25, -0.2) is 0 Å². The van der Waals surface area contributed by atoms with Gasteiger partial charge < -0.3 is 0 Å². The fraction of sp³-hybridized carbons (Fsp3) is 0.364. The molecule has 0 unspecified atom stereocenters. The summed E-state index contributed by atoms with van der Waals surface area (Å²) in [6.07, 6.45) is 4.53. The number of fused-ring (bicyclic) bond motifs is 6. The Morgan fingerprint density at radius 2 is 1.57 bits per heavy atom. The predicted octanol–water partition coefficient (Wildman–Crippen LogP) is 8.91. The van der Waals surface area contributed by atoms with Crippen LogP contribution in [0.15, 0.2) is 60.8 Å². The first-order chi connectivity index (χ1) is 16.5. The van der Waals surface area contributed by atoms with Crippen molar-refractivity contribution in [3.05, 3.63) is 77.5 Å². The molecule has 1 nitrogen and oxygen atoms in total. The third-order valence-corrected chi connectivity index (χ3v) is 10.7. The van der Waals surface area contributed by atoms with Gasteiger partial charge in [-0.15, -0.1) is 0 Å². The van der Waals surface area contributed by atoms with Crippen molar-refractivity contribution in [2.24, 2.45) is 0 Å². The molecular formula is C33H35NSe. The summed E-state index contributed by atoms with van der Waals surface area (Å²) < 4.78 is 2.99. The second-order valence-electron chi connectivity index (χ2n) is 12.8. The van der Waals surface area contributed by atoms with Crippen molar-refractivity contribution in [1.82, 2.24) is 4.98 Å². The third kappa shape index (κ3) is 3.52. The molecule has 0 aliphatic heterocycles. The molecule has 2 aromatic heterocycles. The zero-order chi connectivity index (χ0) is 24.8. The molecule has 1 aliphatic carbocycles. The monoisotopic (exact) mass is 525 g/mol. The molecule has 2 heteroatoms. The van der Waals surface area contributed by atoms with E-state index in [9.17, 15) is 0 Å². The van der Waals surface area contributed by atoms with Gasteiger partial charge in [-0.3, -0.25) is 0 Å². The van der Waals surface area contributed by atoms with Gasteiger partial charge in [-0.05, 0) is 0 Å². The molecule has 0 N–H and O–H groups in total. The minimum absolute atomic E-state index is 0.0658. The average Bonchev–Trinajstić information content (AvgIpc) is 3.19. The minimum atomic E-state index is 0.0658. The summed E-state index contributed by atoms with van der Waals surface area (Å²) in [4.78, 5) is 5.03. The number of hydrogen-bond donors (Lipinski definition) is 0. The van der Waals surface area contributed by atoms with Gasteiger partial charge in [0.1, 0.15) is 0 Å². The van der Waals surface area contributed by atoms with Crippen LogP contribution in [0.25, 0.3) is 41.3 Å². The van der Waals surface area contributed by atoms with Crippen molar-refractivity contribution < 1.29 is 0 Å². The quantitative estimate of drug-likeness (QED) is 0.200. The topological polar surface area (TPSA) is 12.9 Å². The van der Waals surface area contributed by atoms with Crippen molar-refractivity contribution >= 4 is 44.6 Å². The summed E-state index contributed by atoms with van der Waals surface area (Å²) in [5.41, 5.74) is 7.47. The van der Waals surface area contributed by atoms with Crippen molar-refractivity contribution in [2.45, 2.75) is 77.6 Å². The average molecular weight is 525 g/mol. The van der Waals surface area contributed by atoms with Gasteiger partial charge in [0.25, 0.3) is 0 Å². The number of nitrogens with zero attached hydrogens (tertiary/aromatic N) is 1. The molecule has 3 aromatic carbocycles. The Morgan fingerprint density at radius 1 is 0.829 bits per heavy atom. The van der Waals surface area contributed by atoms with E-state index < -0.39 is 0 Å². The Bertz CT molecular complexity index is 1620. The van der Waals surface area contributed by atoms with E-state index >= 15 is 0 Å². The summed E-state index contributed by atoms with van der Waals surface area (Å²) in [5, 5.41) is 5.61. The summed E-state index contributed by atoms with van der Waals surface area (Å²) in [6.45, 7) is 16.7. The maximum atomic E-state index is 5.03. The Hall–Kier alpha value is -2.41. The second-order valence-corrected chi connectivity index (χ2v) is 15.0. The molecule has 0 amide bonds. The number of hydrogen-bond acceptors (Lipinski definition) is 1. The molecule has 178 valence electrons. The molecule has 0 bridgehead atoms. The Labute approximate surface area is 215 Å². The Kier molecular flexibility index (Phi) is 4.96. The van der Waals surface area contributed by atoms with Gasteiger partial charge in [-0.2, -0.15) is 0 Å². The third-order valence-electron chi connectivity index (χ3n) is 8.28. The Morgan fingerprint density at radius 3 is 2.34 bits per heavy atom. The fourth-order valence-corrected chi connectivity index (χ4v) is 8.77. The van der Waals surface area contributed by atoms with Crippen molar-refractivity contribution in [3.63, 3.8) is 0 Å². The van der Waals surface area contributed by atoms with Crippen LogP contribution in [0.4, 0.5) is 0 Å². The van der Waals surface area contributed by atoms with Gasteiger partial charge in [-0.1, -0.05) is 0 Å². The first kappa shape index (κ1) is 23.0. The van der Waals surface area contributed by atoms with Gasteiger partial charge in [0, 0.05) is 0 Å². The van der Waals surface area contributed by atoms with Crippen LogP contribution in [0.2, 0.25) is 0 Å². The normalized spacial score (nSPS) is 17.2. The van der Waals surface area contributed by atoms with Crippen LogP contribution in [0.1, 0.15) is 78.0 Å². The molecule has 6 rings (SSSR count). The van der Waals surface area contributed by atoms with Crippen LogP contribution in [-0.4, -0.2) is 19.5 Å². The van der Waals surface area contributed by atoms with E-state index in [0.29, 0.717) is 0 Å². The first-order valence-electron chi connectivity index (χ1n) is 12.9. The summed E-state index contributed by atoms with van der Waals surface area (Å²) >= 11 is 0.258. The van der Waals surface area contributed by atoms with E-state index in [2.05, 4.69) is 103 Å². The van der Waals surface area contributed by atoms with Crippen LogP contribution in [0.5, 0.6) is 0 Å². The Balaban J connectivity index is 1.69. The molecule has 0 fully saturated rings. The summed E-state index contributed by atoms with van der Waals surface area (Å²) in [7, 11) is 0. The molecule has 1 aliphatic rings. The zero-order valence-corrected chi connectivity index (χ0v) is 23.8. The van der Waals surface area contributed by atoms with Crippen molar-refractivity contribution in [3.8, 4) is 11.3 Å². The van der Waals surface area contributed by atoms with E-state index in [1.807, 2.05) is 6.20 Å². The first-order valence-corrected chi connectivity index (χ1v) is 14.6. The molecule has 0 spiro atoms. The van der Waals surface area contributed by atoms with Gasteiger partial charge in [0.05, 0.1) is 0 Å². The molecule has 0 saturated heterocycles. The standard InChI is InChI=1S/C33H35NSe/c1-31(2,3)25-19-21(18-20-10-8-9-11-22(20)25)29-30-23(14-17-34-29)27-26(35-30)13-12-24-28(27)33(6,7)16-15-32(24,4)5/h8-14,17-19H,15-16H2,1-7H3. The van der Waals surface area contributed by atoms with E-state index in [4.69, 9.17) is 4.98 Å². The molecule has 5 aromatic rings. The SMILES string of the molecule is CC(C)(C)c1cc(-c2nccc3c2[se]c2ccc4c(c23)C(C)(C)CCC4(C)C)cc2ccccc12. The molecule has 0 radical (unpaired) electrons. The number of benzene rings is 3. The number of aromatic nitrogens is 1. The summed E-state index contributed by atoms with van der Waals surface area (Å²) in [6, 6.07) is 20.7. The number of pyridine rings is 1. The van der Waals surface area contributed by atoms with Gasteiger partial charge in [0.2, 0.25) is 0 Å². The van der Waals surface area contributed by atoms with Gasteiger partial charge in [0.15, 0.2) is 0 Å². The summed E-state index contributed by atoms with van der Waals surface area (Å²) in [5.74, 6) is 0. The van der Waals surface area contributed by atoms with E-state index in [1.165, 1.54) is 59.7 Å². The second kappa shape index (κ2) is 7.55. The van der Waals surface area contributed by atoms with Crippen LogP contribution in [-0.2, 0) is 16.2 Å². The van der Waals surface area contributed by atoms with E-state index in [0.717, 1.165) is 0 Å². The van der Waals surface area contributed by atoms with Crippen molar-refractivity contribution in [2.75, 3.05) is 0 Å². The van der Waals surface area contributed by atoms with Crippen LogP contribution in [0, 0.1) is 0 Å². The van der Waals surface area contributed by atoms with E-state index in [1.54, 1.807) is 11.1 Å².